The monoisotopic (exact) mass is 241 g/mol. The smallest absolute Gasteiger partial charge is 0.0465 e. The molecule has 0 aromatic carbocycles. The maximum Gasteiger partial charge on any atom is 0.0465 e. The van der Waals surface area contributed by atoms with Crippen molar-refractivity contribution in [1.82, 2.24) is 4.90 Å². The molecule has 2 heteroatoms. The summed E-state index contributed by atoms with van der Waals surface area (Å²) in [6.07, 6.45) is 0. The Hall–Kier alpha value is -0.0831. The first-order chi connectivity index (χ1) is 7.05. The maximum absolute atomic E-state index is 2.63. The van der Waals surface area contributed by atoms with Gasteiger partial charge in [0.1, 0.15) is 0 Å². The van der Waals surface area contributed by atoms with Gasteiger partial charge in [-0.15, -0.1) is 5.70 Å². The molecule has 0 bridgehead atoms. The molecule has 0 aromatic heterocycles. The summed E-state index contributed by atoms with van der Waals surface area (Å²) in [7, 11) is 0.00140. The lowest BCUT2D eigenvalue weighted by Crippen LogP contribution is -2.52. The van der Waals surface area contributed by atoms with Gasteiger partial charge in [0, 0.05) is 20.6 Å². The number of hydrogen-bond acceptors (Lipinski definition) is 1. The number of nitrogens with zero attached hydrogens (tertiary/aromatic N) is 1. The molecule has 0 fully saturated rings. The molecule has 0 aliphatic carbocycles. The number of allylic oxidation sites excluding steroid dienone is 1. The number of hydrogen-bond donors (Lipinski definition) is 0. The van der Waals surface area contributed by atoms with Crippen molar-refractivity contribution in [2.24, 2.45) is 0 Å². The van der Waals surface area contributed by atoms with Gasteiger partial charge in [0.05, 0.1) is 0 Å². The fourth-order valence-electron chi connectivity index (χ4n) is 2.32. The first-order valence-corrected chi connectivity index (χ1v) is 8.28. The zero-order valence-corrected chi connectivity index (χ0v) is 14.1. The second kappa shape index (κ2) is 6.01. The van der Waals surface area contributed by atoms with Crippen LogP contribution in [0.4, 0.5) is 0 Å². The molecule has 0 atom stereocenters. The van der Waals surface area contributed by atoms with Crippen LogP contribution in [0.5, 0.6) is 0 Å². The topological polar surface area (TPSA) is 3.24 Å². The Morgan fingerprint density at radius 1 is 1.00 bits per heavy atom. The van der Waals surface area contributed by atoms with E-state index in [1.807, 2.05) is 0 Å². The first kappa shape index (κ1) is 15.9. The molecule has 16 heavy (non-hydrogen) atoms. The molecule has 0 saturated heterocycles. The Morgan fingerprint density at radius 3 is 1.75 bits per heavy atom. The molecule has 0 aromatic rings. The minimum atomic E-state index is 0.00140. The molecule has 96 valence electrons. The van der Waals surface area contributed by atoms with Gasteiger partial charge in [0.15, 0.2) is 0 Å². The van der Waals surface area contributed by atoms with Gasteiger partial charge in [0.2, 0.25) is 0 Å². The first-order valence-electron chi connectivity index (χ1n) is 6.46. The summed E-state index contributed by atoms with van der Waals surface area (Å²) < 4.78 is 0. The Bertz CT molecular complexity index is 212. The van der Waals surface area contributed by atoms with Gasteiger partial charge in [-0.3, -0.25) is 4.90 Å². The van der Waals surface area contributed by atoms with E-state index in [9.17, 15) is 0 Å². The van der Waals surface area contributed by atoms with E-state index in [1.54, 1.807) is 0 Å². The highest BCUT2D eigenvalue weighted by atomic mass is 28.2. The van der Waals surface area contributed by atoms with E-state index in [4.69, 9.17) is 0 Å². The lowest BCUT2D eigenvalue weighted by molar-refractivity contribution is 0.0447. The Morgan fingerprint density at radius 2 is 1.44 bits per heavy atom. The van der Waals surface area contributed by atoms with Crippen LogP contribution >= 0.6 is 0 Å². The van der Waals surface area contributed by atoms with Crippen LogP contribution in [0.15, 0.2) is 11.3 Å². The van der Waals surface area contributed by atoms with E-state index in [0.29, 0.717) is 0 Å². The van der Waals surface area contributed by atoms with E-state index in [-0.39, 0.29) is 20.6 Å². The second-order valence-electron chi connectivity index (χ2n) is 6.92. The summed E-state index contributed by atoms with van der Waals surface area (Å²) >= 11 is 0. The van der Waals surface area contributed by atoms with Crippen LogP contribution in [0.3, 0.4) is 0 Å². The molecule has 0 radical (unpaired) electrons. The normalized spacial score (nSPS) is 13.8. The Balaban J connectivity index is 4.32. The van der Waals surface area contributed by atoms with E-state index < -0.39 is 0 Å². The third-order valence-corrected chi connectivity index (χ3v) is 4.59. The molecule has 0 amide bonds. The Kier molecular flexibility index (Phi) is 5.98. The van der Waals surface area contributed by atoms with Crippen molar-refractivity contribution in [2.75, 3.05) is 6.54 Å². The largest absolute Gasteiger partial charge is 0.294 e. The molecule has 0 N–H and O–H groups in total. The van der Waals surface area contributed by atoms with Gasteiger partial charge in [-0.25, -0.2) is 0 Å². The molecular weight excluding hydrogens is 210 g/mol. The van der Waals surface area contributed by atoms with Crippen LogP contribution in [0.1, 0.15) is 55.4 Å². The predicted molar refractivity (Wildman–Crippen MR) is 79.0 cm³/mol. The summed E-state index contributed by atoms with van der Waals surface area (Å²) in [6.45, 7) is 19.6. The molecule has 0 unspecified atom stereocenters. The van der Waals surface area contributed by atoms with E-state index >= 15 is 0 Å². The van der Waals surface area contributed by atoms with Gasteiger partial charge in [-0.2, -0.15) is 0 Å². The number of rotatable bonds is 4. The van der Waals surface area contributed by atoms with Crippen molar-refractivity contribution in [3.05, 3.63) is 11.3 Å². The van der Waals surface area contributed by atoms with E-state index in [1.165, 1.54) is 18.2 Å². The zero-order chi connectivity index (χ0) is 13.0. The molecule has 0 aliphatic heterocycles. The van der Waals surface area contributed by atoms with Gasteiger partial charge in [-0.05, 0) is 68.0 Å². The highest BCUT2D eigenvalue weighted by Crippen LogP contribution is 2.24. The van der Waals surface area contributed by atoms with Crippen molar-refractivity contribution < 1.29 is 0 Å². The second-order valence-corrected chi connectivity index (χ2v) is 8.61. The highest BCUT2D eigenvalue weighted by molar-refractivity contribution is 6.42. The summed E-state index contributed by atoms with van der Waals surface area (Å²) in [6, 6.07) is 1.39. The summed E-state index contributed by atoms with van der Waals surface area (Å²) in [5, 5.41) is 0. The fraction of sp³-hybridized carbons (Fsp3) is 0.857. The lowest BCUT2D eigenvalue weighted by atomic mass is 9.96. The van der Waals surface area contributed by atoms with Crippen molar-refractivity contribution >= 4 is 9.52 Å². The van der Waals surface area contributed by atoms with Crippen molar-refractivity contribution in [2.45, 2.75) is 72.5 Å². The molecular formula is C14H31NSi. The highest BCUT2D eigenvalue weighted by Gasteiger charge is 2.30. The third-order valence-electron chi connectivity index (χ3n) is 2.76. The molecule has 0 rings (SSSR count). The molecule has 1 nitrogen and oxygen atoms in total. The van der Waals surface area contributed by atoms with Crippen LogP contribution < -0.4 is 0 Å². The van der Waals surface area contributed by atoms with Crippen LogP contribution in [-0.2, 0) is 0 Å². The van der Waals surface area contributed by atoms with Crippen LogP contribution in [0.2, 0.25) is 6.04 Å². The average Bonchev–Trinajstić information content (AvgIpc) is 1.97. The standard InChI is InChI=1S/C14H31NSi/c1-12(2)11-16-10-9-15(13(3,4)5)14(6,7)8/h11H,9-10,16H2,1-8H3. The summed E-state index contributed by atoms with van der Waals surface area (Å²) in [5.74, 6) is 0. The van der Waals surface area contributed by atoms with Crippen molar-refractivity contribution in [3.63, 3.8) is 0 Å². The van der Waals surface area contributed by atoms with Gasteiger partial charge in [-0.1, -0.05) is 5.57 Å². The zero-order valence-electron chi connectivity index (χ0n) is 12.6. The minimum absolute atomic E-state index is 0.00140. The van der Waals surface area contributed by atoms with Crippen LogP contribution in [-0.4, -0.2) is 32.0 Å². The SMILES string of the molecule is CC(C)=C[SiH2]CCN(C(C)(C)C)C(C)(C)C. The van der Waals surface area contributed by atoms with Gasteiger partial charge >= 0.3 is 0 Å². The lowest BCUT2D eigenvalue weighted by Gasteiger charge is -2.45. The third kappa shape index (κ3) is 6.49. The molecule has 0 heterocycles. The minimum Gasteiger partial charge on any atom is -0.294 e. The van der Waals surface area contributed by atoms with Gasteiger partial charge < -0.3 is 0 Å². The summed E-state index contributed by atoms with van der Waals surface area (Å²) in [4.78, 5) is 2.63. The van der Waals surface area contributed by atoms with Gasteiger partial charge in [0.25, 0.3) is 0 Å². The maximum atomic E-state index is 2.63. The van der Waals surface area contributed by atoms with Crippen molar-refractivity contribution in [1.29, 1.82) is 0 Å². The molecule has 0 spiro atoms. The molecule has 0 aliphatic rings. The van der Waals surface area contributed by atoms with Crippen LogP contribution in [0, 0.1) is 0 Å². The fourth-order valence-corrected chi connectivity index (χ4v) is 3.60. The van der Waals surface area contributed by atoms with E-state index in [2.05, 4.69) is 66.0 Å². The van der Waals surface area contributed by atoms with E-state index in [0.717, 1.165) is 0 Å². The molecule has 0 saturated carbocycles. The predicted octanol–water partition coefficient (Wildman–Crippen LogP) is 3.40. The Labute approximate surface area is 105 Å². The van der Waals surface area contributed by atoms with Crippen molar-refractivity contribution in [3.8, 4) is 0 Å². The average molecular weight is 241 g/mol. The summed E-state index contributed by atoms with van der Waals surface area (Å²) in [5.41, 5.74) is 4.52. The quantitative estimate of drug-likeness (QED) is 0.539. The van der Waals surface area contributed by atoms with Crippen LogP contribution in [0.25, 0.3) is 0 Å².